The molecule has 2 N–H and O–H groups in total. The fraction of sp³-hybridized carbons (Fsp3) is 0.182. The third-order valence-electron chi connectivity index (χ3n) is 1.82. The van der Waals surface area contributed by atoms with Gasteiger partial charge in [-0.2, -0.15) is 0 Å². The van der Waals surface area contributed by atoms with E-state index in [1.165, 1.54) is 30.4 Å². The van der Waals surface area contributed by atoms with Crippen molar-refractivity contribution in [1.82, 2.24) is 0 Å². The van der Waals surface area contributed by atoms with Gasteiger partial charge in [0.1, 0.15) is 5.82 Å². The molecule has 80 valence electrons. The van der Waals surface area contributed by atoms with E-state index in [-0.39, 0.29) is 18.6 Å². The number of halogens is 1. The number of hydrogen-bond donors (Lipinski definition) is 2. The van der Waals surface area contributed by atoms with Crippen molar-refractivity contribution in [1.29, 1.82) is 0 Å². The molecule has 3 nitrogen and oxygen atoms in total. The zero-order chi connectivity index (χ0) is 11.3. The molecule has 1 aromatic carbocycles. The lowest BCUT2D eigenvalue weighted by atomic mass is 10.1. The number of aliphatic hydroxyl groups is 1. The largest absolute Gasteiger partial charge is 0.481 e. The average molecular weight is 210 g/mol. The average Bonchev–Trinajstić information content (AvgIpc) is 2.18. The highest BCUT2D eigenvalue weighted by Gasteiger charge is 2.04. The SMILES string of the molecule is O=C(O)Cc1ccc(F)c(C=CCO)c1. The molecule has 0 amide bonds. The quantitative estimate of drug-likeness (QED) is 0.790. The Balaban J connectivity index is 2.94. The Kier molecular flexibility index (Phi) is 4.00. The van der Waals surface area contributed by atoms with Crippen LogP contribution in [-0.2, 0) is 11.2 Å². The molecule has 1 rings (SSSR count). The summed E-state index contributed by atoms with van der Waals surface area (Å²) in [6, 6.07) is 4.10. The van der Waals surface area contributed by atoms with Gasteiger partial charge in [-0.15, -0.1) is 0 Å². The Morgan fingerprint density at radius 2 is 2.20 bits per heavy atom. The summed E-state index contributed by atoms with van der Waals surface area (Å²) >= 11 is 0. The minimum absolute atomic E-state index is 0.139. The number of aliphatic hydroxyl groups excluding tert-OH is 1. The van der Waals surface area contributed by atoms with Gasteiger partial charge in [0.15, 0.2) is 0 Å². The predicted octanol–water partition coefficient (Wildman–Crippen LogP) is 1.46. The molecule has 1 aromatic rings. The van der Waals surface area contributed by atoms with Crippen molar-refractivity contribution in [3.8, 4) is 0 Å². The number of carbonyl (C=O) groups is 1. The van der Waals surface area contributed by atoms with Crippen LogP contribution in [0.2, 0.25) is 0 Å². The molecule has 0 aromatic heterocycles. The van der Waals surface area contributed by atoms with E-state index >= 15 is 0 Å². The highest BCUT2D eigenvalue weighted by atomic mass is 19.1. The van der Waals surface area contributed by atoms with Crippen LogP contribution in [0, 0.1) is 5.82 Å². The topological polar surface area (TPSA) is 57.5 Å². The molecular formula is C11H11FO3. The summed E-state index contributed by atoms with van der Waals surface area (Å²) in [7, 11) is 0. The zero-order valence-electron chi connectivity index (χ0n) is 7.98. The van der Waals surface area contributed by atoms with E-state index in [1.807, 2.05) is 0 Å². The van der Waals surface area contributed by atoms with Gasteiger partial charge < -0.3 is 10.2 Å². The molecule has 0 bridgehead atoms. The van der Waals surface area contributed by atoms with E-state index < -0.39 is 11.8 Å². The summed E-state index contributed by atoms with van der Waals surface area (Å²) < 4.78 is 13.2. The Morgan fingerprint density at radius 1 is 1.47 bits per heavy atom. The molecule has 4 heteroatoms. The molecule has 0 saturated heterocycles. The lowest BCUT2D eigenvalue weighted by molar-refractivity contribution is -0.136. The van der Waals surface area contributed by atoms with Gasteiger partial charge >= 0.3 is 5.97 Å². The number of hydrogen-bond acceptors (Lipinski definition) is 2. The van der Waals surface area contributed by atoms with Crippen molar-refractivity contribution in [2.75, 3.05) is 6.61 Å². The Morgan fingerprint density at radius 3 is 2.80 bits per heavy atom. The Bertz CT molecular complexity index is 385. The molecule has 0 radical (unpaired) electrons. The Hall–Kier alpha value is -1.68. The normalized spacial score (nSPS) is 10.8. The minimum Gasteiger partial charge on any atom is -0.481 e. The second-order valence-electron chi connectivity index (χ2n) is 3.01. The van der Waals surface area contributed by atoms with Gasteiger partial charge in [-0.1, -0.05) is 18.2 Å². The summed E-state index contributed by atoms with van der Waals surface area (Å²) in [5.74, 6) is -1.40. The number of aliphatic carboxylic acids is 1. The molecular weight excluding hydrogens is 199 g/mol. The first-order valence-corrected chi connectivity index (χ1v) is 4.41. The predicted molar refractivity (Wildman–Crippen MR) is 53.9 cm³/mol. The summed E-state index contributed by atoms with van der Waals surface area (Å²) in [6.07, 6.45) is 2.67. The van der Waals surface area contributed by atoms with Crippen molar-refractivity contribution in [2.45, 2.75) is 6.42 Å². The minimum atomic E-state index is -0.960. The van der Waals surface area contributed by atoms with E-state index in [0.717, 1.165) is 0 Å². The number of rotatable bonds is 4. The van der Waals surface area contributed by atoms with E-state index in [9.17, 15) is 9.18 Å². The summed E-state index contributed by atoms with van der Waals surface area (Å²) in [6.45, 7) is -0.178. The molecule has 0 aliphatic heterocycles. The standard InChI is InChI=1S/C11H11FO3/c12-10-4-3-8(7-11(14)15)6-9(10)2-1-5-13/h1-4,6,13H,5,7H2,(H,14,15). The van der Waals surface area contributed by atoms with Gasteiger partial charge in [-0.25, -0.2) is 4.39 Å². The van der Waals surface area contributed by atoms with Gasteiger partial charge in [-0.3, -0.25) is 4.79 Å². The van der Waals surface area contributed by atoms with Crippen molar-refractivity contribution in [3.63, 3.8) is 0 Å². The highest BCUT2D eigenvalue weighted by Crippen LogP contribution is 2.12. The van der Waals surface area contributed by atoms with Gasteiger partial charge in [-0.05, 0) is 17.7 Å². The van der Waals surface area contributed by atoms with Crippen LogP contribution in [0.3, 0.4) is 0 Å². The molecule has 0 aliphatic carbocycles. The molecule has 0 saturated carbocycles. The molecule has 0 heterocycles. The van der Waals surface area contributed by atoms with Crippen LogP contribution in [0.1, 0.15) is 11.1 Å². The number of benzene rings is 1. The van der Waals surface area contributed by atoms with Crippen LogP contribution < -0.4 is 0 Å². The first kappa shape index (κ1) is 11.4. The molecule has 0 aliphatic rings. The lowest BCUT2D eigenvalue weighted by Crippen LogP contribution is -2.00. The molecule has 0 spiro atoms. The lowest BCUT2D eigenvalue weighted by Gasteiger charge is -2.01. The van der Waals surface area contributed by atoms with Crippen LogP contribution >= 0.6 is 0 Å². The first-order valence-electron chi connectivity index (χ1n) is 4.41. The maximum atomic E-state index is 13.2. The van der Waals surface area contributed by atoms with Gasteiger partial charge in [0.05, 0.1) is 13.0 Å². The summed E-state index contributed by atoms with van der Waals surface area (Å²) in [4.78, 5) is 10.4. The van der Waals surface area contributed by atoms with Gasteiger partial charge in [0.25, 0.3) is 0 Å². The van der Waals surface area contributed by atoms with Crippen molar-refractivity contribution < 1.29 is 19.4 Å². The first-order chi connectivity index (χ1) is 7.13. The highest BCUT2D eigenvalue weighted by molar-refractivity contribution is 5.70. The summed E-state index contributed by atoms with van der Waals surface area (Å²) in [5.41, 5.74) is 0.810. The van der Waals surface area contributed by atoms with Gasteiger partial charge in [0.2, 0.25) is 0 Å². The second kappa shape index (κ2) is 5.26. The van der Waals surface area contributed by atoms with E-state index in [2.05, 4.69) is 0 Å². The van der Waals surface area contributed by atoms with Crippen LogP contribution in [0.4, 0.5) is 4.39 Å². The Labute approximate surface area is 86.5 Å². The molecule has 0 fully saturated rings. The number of carboxylic acid groups (broad SMARTS) is 1. The van der Waals surface area contributed by atoms with Crippen molar-refractivity contribution in [2.24, 2.45) is 0 Å². The fourth-order valence-electron chi connectivity index (χ4n) is 1.19. The maximum absolute atomic E-state index is 13.2. The van der Waals surface area contributed by atoms with Gasteiger partial charge in [0, 0.05) is 5.56 Å². The van der Waals surface area contributed by atoms with Crippen LogP contribution in [0.5, 0.6) is 0 Å². The smallest absolute Gasteiger partial charge is 0.307 e. The van der Waals surface area contributed by atoms with Crippen LogP contribution in [0.15, 0.2) is 24.3 Å². The third-order valence-corrected chi connectivity index (χ3v) is 1.82. The number of carboxylic acids is 1. The van der Waals surface area contributed by atoms with E-state index in [1.54, 1.807) is 0 Å². The van der Waals surface area contributed by atoms with Crippen LogP contribution in [0.25, 0.3) is 6.08 Å². The molecule has 0 unspecified atom stereocenters. The van der Waals surface area contributed by atoms with E-state index in [0.29, 0.717) is 5.56 Å². The monoisotopic (exact) mass is 210 g/mol. The maximum Gasteiger partial charge on any atom is 0.307 e. The molecule has 15 heavy (non-hydrogen) atoms. The van der Waals surface area contributed by atoms with E-state index in [4.69, 9.17) is 10.2 Å². The zero-order valence-corrected chi connectivity index (χ0v) is 7.98. The summed E-state index contributed by atoms with van der Waals surface area (Å²) in [5, 5.41) is 17.1. The fourth-order valence-corrected chi connectivity index (χ4v) is 1.19. The van der Waals surface area contributed by atoms with Crippen LogP contribution in [-0.4, -0.2) is 22.8 Å². The van der Waals surface area contributed by atoms with Crippen molar-refractivity contribution >= 4 is 12.0 Å². The third kappa shape index (κ3) is 3.52. The van der Waals surface area contributed by atoms with Crippen molar-refractivity contribution in [3.05, 3.63) is 41.2 Å². The second-order valence-corrected chi connectivity index (χ2v) is 3.01. The molecule has 0 atom stereocenters.